The minimum absolute atomic E-state index is 0.0883. The van der Waals surface area contributed by atoms with Crippen LogP contribution in [-0.2, 0) is 4.84 Å². The number of nitrogens with zero attached hydrogens (tertiary/aromatic N) is 1. The molecule has 3 nitrogen and oxygen atoms in total. The van der Waals surface area contributed by atoms with Crippen LogP contribution in [0.5, 0.6) is 0 Å². The molecule has 13 heavy (non-hydrogen) atoms. The van der Waals surface area contributed by atoms with Crippen LogP contribution in [0.25, 0.3) is 0 Å². The monoisotopic (exact) mass is 186 g/mol. The van der Waals surface area contributed by atoms with Crippen LogP contribution in [-0.4, -0.2) is 31.3 Å². The fourth-order valence-corrected chi connectivity index (χ4v) is 1.98. The third-order valence-corrected chi connectivity index (χ3v) is 3.09. The second kappa shape index (κ2) is 4.94. The third kappa shape index (κ3) is 3.63. The highest BCUT2D eigenvalue weighted by atomic mass is 16.7. The summed E-state index contributed by atoms with van der Waals surface area (Å²) in [6.07, 6.45) is 7.38. The summed E-state index contributed by atoms with van der Waals surface area (Å²) in [5, 5.41) is 1.85. The molecule has 0 bridgehead atoms. The molecule has 0 aromatic heterocycles. The fourth-order valence-electron chi connectivity index (χ4n) is 1.98. The van der Waals surface area contributed by atoms with Gasteiger partial charge in [-0.3, -0.25) is 0 Å². The van der Waals surface area contributed by atoms with Crippen LogP contribution in [0.3, 0.4) is 0 Å². The predicted molar refractivity (Wildman–Crippen MR) is 54.3 cm³/mol. The molecule has 2 N–H and O–H groups in total. The zero-order valence-corrected chi connectivity index (χ0v) is 8.88. The van der Waals surface area contributed by atoms with E-state index in [-0.39, 0.29) is 5.54 Å². The van der Waals surface area contributed by atoms with Crippen molar-refractivity contribution < 1.29 is 4.84 Å². The van der Waals surface area contributed by atoms with E-state index in [1.165, 1.54) is 32.1 Å². The van der Waals surface area contributed by atoms with Crippen molar-refractivity contribution in [3.05, 3.63) is 0 Å². The molecule has 0 aromatic rings. The third-order valence-electron chi connectivity index (χ3n) is 3.09. The highest BCUT2D eigenvalue weighted by molar-refractivity contribution is 4.87. The van der Waals surface area contributed by atoms with Gasteiger partial charge in [-0.25, -0.2) is 0 Å². The lowest BCUT2D eigenvalue weighted by atomic mass is 9.80. The molecule has 0 saturated heterocycles. The number of hydroxylamine groups is 2. The number of rotatable bonds is 4. The standard InChI is InChI=1S/C10H22N2O/c1-12(13-2)9-8-10(11)6-4-3-5-7-10/h3-9,11H2,1-2H3. The zero-order valence-electron chi connectivity index (χ0n) is 8.88. The van der Waals surface area contributed by atoms with Gasteiger partial charge in [-0.2, -0.15) is 5.06 Å². The van der Waals surface area contributed by atoms with E-state index in [4.69, 9.17) is 10.6 Å². The van der Waals surface area contributed by atoms with Crippen molar-refractivity contribution in [1.82, 2.24) is 5.06 Å². The maximum atomic E-state index is 6.28. The van der Waals surface area contributed by atoms with Gasteiger partial charge in [0.2, 0.25) is 0 Å². The van der Waals surface area contributed by atoms with Gasteiger partial charge < -0.3 is 10.6 Å². The predicted octanol–water partition coefficient (Wildman–Crippen LogP) is 1.53. The lowest BCUT2D eigenvalue weighted by Gasteiger charge is -2.34. The van der Waals surface area contributed by atoms with Crippen LogP contribution in [0.15, 0.2) is 0 Å². The molecule has 0 amide bonds. The maximum absolute atomic E-state index is 6.28. The average molecular weight is 186 g/mol. The summed E-state index contributed by atoms with van der Waals surface area (Å²) in [5.41, 5.74) is 6.37. The van der Waals surface area contributed by atoms with Crippen LogP contribution in [0.1, 0.15) is 38.5 Å². The zero-order chi connectivity index (χ0) is 9.73. The molecule has 1 rings (SSSR count). The van der Waals surface area contributed by atoms with Gasteiger partial charge in [0, 0.05) is 19.1 Å². The SMILES string of the molecule is CON(C)CCC1(N)CCCCC1. The van der Waals surface area contributed by atoms with Crippen LogP contribution >= 0.6 is 0 Å². The smallest absolute Gasteiger partial charge is 0.0575 e. The summed E-state index contributed by atoms with van der Waals surface area (Å²) in [6, 6.07) is 0. The Morgan fingerprint density at radius 1 is 1.31 bits per heavy atom. The van der Waals surface area contributed by atoms with Crippen LogP contribution in [0.4, 0.5) is 0 Å². The van der Waals surface area contributed by atoms with E-state index in [0.717, 1.165) is 13.0 Å². The first-order valence-corrected chi connectivity index (χ1v) is 5.20. The van der Waals surface area contributed by atoms with Crippen molar-refractivity contribution in [2.24, 2.45) is 5.73 Å². The molecule has 0 aliphatic heterocycles. The topological polar surface area (TPSA) is 38.5 Å². The number of nitrogens with two attached hydrogens (primary N) is 1. The minimum atomic E-state index is 0.0883. The molecule has 1 fully saturated rings. The van der Waals surface area contributed by atoms with E-state index < -0.39 is 0 Å². The Kier molecular flexibility index (Phi) is 4.16. The van der Waals surface area contributed by atoms with Crippen LogP contribution in [0.2, 0.25) is 0 Å². The summed E-state index contributed by atoms with van der Waals surface area (Å²) in [6.45, 7) is 0.938. The van der Waals surface area contributed by atoms with Crippen molar-refractivity contribution >= 4 is 0 Å². The van der Waals surface area contributed by atoms with Gasteiger partial charge in [0.25, 0.3) is 0 Å². The lowest BCUT2D eigenvalue weighted by molar-refractivity contribution is -0.112. The number of hydrogen-bond acceptors (Lipinski definition) is 3. The Hall–Kier alpha value is -0.120. The quantitative estimate of drug-likeness (QED) is 0.677. The van der Waals surface area contributed by atoms with Gasteiger partial charge in [-0.05, 0) is 19.3 Å². The molecular weight excluding hydrogens is 164 g/mol. The Morgan fingerprint density at radius 2 is 1.92 bits per heavy atom. The lowest BCUT2D eigenvalue weighted by Crippen LogP contribution is -2.44. The molecule has 3 heteroatoms. The minimum Gasteiger partial charge on any atom is -0.325 e. The molecule has 1 aliphatic carbocycles. The fraction of sp³-hybridized carbons (Fsp3) is 1.00. The average Bonchev–Trinajstić information content (AvgIpc) is 2.15. The van der Waals surface area contributed by atoms with E-state index in [9.17, 15) is 0 Å². The molecule has 0 unspecified atom stereocenters. The summed E-state index contributed by atoms with van der Waals surface area (Å²) in [5.74, 6) is 0. The van der Waals surface area contributed by atoms with Crippen molar-refractivity contribution in [3.8, 4) is 0 Å². The second-order valence-corrected chi connectivity index (χ2v) is 4.21. The first-order valence-electron chi connectivity index (χ1n) is 5.20. The summed E-state index contributed by atoms with van der Waals surface area (Å²) in [4.78, 5) is 5.06. The van der Waals surface area contributed by atoms with Crippen molar-refractivity contribution in [2.45, 2.75) is 44.1 Å². The van der Waals surface area contributed by atoms with E-state index in [1.807, 2.05) is 12.1 Å². The summed E-state index contributed by atoms with van der Waals surface area (Å²) in [7, 11) is 3.65. The normalized spacial score (nSPS) is 22.2. The van der Waals surface area contributed by atoms with Gasteiger partial charge >= 0.3 is 0 Å². The Morgan fingerprint density at radius 3 is 2.46 bits per heavy atom. The molecule has 0 atom stereocenters. The first-order chi connectivity index (χ1) is 6.16. The number of hydrogen-bond donors (Lipinski definition) is 1. The van der Waals surface area contributed by atoms with E-state index in [0.29, 0.717) is 0 Å². The first kappa shape index (κ1) is 11.0. The van der Waals surface area contributed by atoms with E-state index >= 15 is 0 Å². The molecule has 1 saturated carbocycles. The highest BCUT2D eigenvalue weighted by Crippen LogP contribution is 2.28. The molecule has 0 aromatic carbocycles. The molecule has 0 spiro atoms. The van der Waals surface area contributed by atoms with Crippen molar-refractivity contribution in [3.63, 3.8) is 0 Å². The van der Waals surface area contributed by atoms with E-state index in [1.54, 1.807) is 7.11 Å². The molecule has 0 heterocycles. The largest absolute Gasteiger partial charge is 0.325 e. The second-order valence-electron chi connectivity index (χ2n) is 4.21. The van der Waals surface area contributed by atoms with Gasteiger partial charge in [-0.15, -0.1) is 0 Å². The molecular formula is C10H22N2O. The van der Waals surface area contributed by atoms with Crippen molar-refractivity contribution in [2.75, 3.05) is 20.7 Å². The molecule has 0 radical (unpaired) electrons. The van der Waals surface area contributed by atoms with Gasteiger partial charge in [0.1, 0.15) is 0 Å². The van der Waals surface area contributed by atoms with Gasteiger partial charge in [0.15, 0.2) is 0 Å². The summed E-state index contributed by atoms with van der Waals surface area (Å²) >= 11 is 0. The highest BCUT2D eigenvalue weighted by Gasteiger charge is 2.27. The molecule has 1 aliphatic rings. The Labute approximate surface area is 81.2 Å². The van der Waals surface area contributed by atoms with Crippen molar-refractivity contribution in [1.29, 1.82) is 0 Å². The van der Waals surface area contributed by atoms with Crippen LogP contribution < -0.4 is 5.73 Å². The Balaban J connectivity index is 2.24. The van der Waals surface area contributed by atoms with Gasteiger partial charge in [-0.1, -0.05) is 19.3 Å². The summed E-state index contributed by atoms with van der Waals surface area (Å²) < 4.78 is 0. The van der Waals surface area contributed by atoms with Gasteiger partial charge in [0.05, 0.1) is 7.11 Å². The van der Waals surface area contributed by atoms with E-state index in [2.05, 4.69) is 0 Å². The van der Waals surface area contributed by atoms with Crippen LogP contribution in [0, 0.1) is 0 Å². The molecule has 78 valence electrons. The Bertz CT molecular complexity index is 144. The maximum Gasteiger partial charge on any atom is 0.0575 e.